The molecule has 0 bridgehead atoms. The van der Waals surface area contributed by atoms with Crippen LogP contribution in [0.3, 0.4) is 0 Å². The minimum absolute atomic E-state index is 0.0675. The van der Waals surface area contributed by atoms with Crippen LogP contribution in [0.15, 0.2) is 0 Å². The third kappa shape index (κ3) is 0.872. The van der Waals surface area contributed by atoms with Crippen LogP contribution in [0.2, 0.25) is 0 Å². The Morgan fingerprint density at radius 1 is 1.40 bits per heavy atom. The number of aromatic amines is 1. The number of hydrogen-bond acceptors (Lipinski definition) is 0. The van der Waals surface area contributed by atoms with Crippen molar-refractivity contribution in [2.75, 3.05) is 0 Å². The number of nitrogens with zero attached hydrogens (tertiary/aromatic N) is 1. The lowest BCUT2D eigenvalue weighted by Crippen LogP contribution is -2.38. The number of hydrogen-bond donors (Lipinski definition) is 1. The highest BCUT2D eigenvalue weighted by atomic mass is 19.2. The van der Waals surface area contributed by atoms with Crippen molar-refractivity contribution in [1.29, 1.82) is 0 Å². The summed E-state index contributed by atoms with van der Waals surface area (Å²) >= 11 is 0. The Balaban J connectivity index is 3.20. The van der Waals surface area contributed by atoms with E-state index < -0.39 is 18.0 Å². The van der Waals surface area contributed by atoms with Crippen molar-refractivity contribution >= 4 is 0 Å². The van der Waals surface area contributed by atoms with Crippen molar-refractivity contribution < 1.29 is 17.7 Å². The van der Waals surface area contributed by atoms with E-state index >= 15 is 0 Å². The van der Waals surface area contributed by atoms with Crippen LogP contribution < -0.4 is 4.57 Å². The van der Waals surface area contributed by atoms with Gasteiger partial charge in [0.15, 0.2) is 0 Å². The lowest BCUT2D eigenvalue weighted by molar-refractivity contribution is -0.745. The SMILES string of the molecule is CC[n+]1c(F)[nH]c(F)c1F. The van der Waals surface area contributed by atoms with Crippen LogP contribution in [0.4, 0.5) is 13.2 Å². The average molecular weight is 151 g/mol. The van der Waals surface area contributed by atoms with Crippen LogP contribution in [-0.2, 0) is 6.54 Å². The second-order valence-corrected chi connectivity index (χ2v) is 1.76. The molecular formula is C5H6F3N2+. The van der Waals surface area contributed by atoms with Crippen molar-refractivity contribution in [3.8, 4) is 0 Å². The Kier molecular flexibility index (Phi) is 1.65. The van der Waals surface area contributed by atoms with E-state index in [0.717, 1.165) is 0 Å². The van der Waals surface area contributed by atoms with Gasteiger partial charge in [-0.15, -0.1) is 4.39 Å². The lowest BCUT2D eigenvalue weighted by Gasteiger charge is -1.85. The smallest absolute Gasteiger partial charge is 0.183 e. The Labute approximate surface area is 55.3 Å². The summed E-state index contributed by atoms with van der Waals surface area (Å²) in [5.41, 5.74) is 0. The summed E-state index contributed by atoms with van der Waals surface area (Å²) in [6.07, 6.45) is -1.00. The first-order chi connectivity index (χ1) is 4.66. The van der Waals surface area contributed by atoms with Crippen LogP contribution in [0.1, 0.15) is 6.92 Å². The van der Waals surface area contributed by atoms with Gasteiger partial charge in [0.25, 0.3) is 0 Å². The van der Waals surface area contributed by atoms with Crippen LogP contribution in [0.5, 0.6) is 0 Å². The Morgan fingerprint density at radius 2 is 2.00 bits per heavy atom. The van der Waals surface area contributed by atoms with Crippen LogP contribution in [0.25, 0.3) is 0 Å². The van der Waals surface area contributed by atoms with E-state index in [1.165, 1.54) is 6.92 Å². The summed E-state index contributed by atoms with van der Waals surface area (Å²) in [5, 5.41) is 0. The monoisotopic (exact) mass is 151 g/mol. The predicted molar refractivity (Wildman–Crippen MR) is 26.5 cm³/mol. The fourth-order valence-electron chi connectivity index (χ4n) is 0.692. The van der Waals surface area contributed by atoms with Gasteiger partial charge in [0.1, 0.15) is 0 Å². The standard InChI is InChI=1S/C5H5F3N2/c1-2-10-4(7)3(6)9-5(10)8/h2H2,1H3/p+1. The first kappa shape index (κ1) is 7.11. The van der Waals surface area contributed by atoms with Gasteiger partial charge in [0.05, 0.1) is 6.54 Å². The molecule has 1 aromatic rings. The fourth-order valence-corrected chi connectivity index (χ4v) is 0.692. The highest BCUT2D eigenvalue weighted by molar-refractivity contribution is 4.70. The van der Waals surface area contributed by atoms with E-state index in [1.54, 1.807) is 4.98 Å². The van der Waals surface area contributed by atoms with Crippen LogP contribution in [0, 0.1) is 18.0 Å². The molecule has 56 valence electrons. The first-order valence-electron chi connectivity index (χ1n) is 2.79. The first-order valence-corrected chi connectivity index (χ1v) is 2.79. The van der Waals surface area contributed by atoms with E-state index in [0.29, 0.717) is 4.57 Å². The number of H-pyrrole nitrogens is 1. The second-order valence-electron chi connectivity index (χ2n) is 1.76. The van der Waals surface area contributed by atoms with Crippen molar-refractivity contribution in [3.05, 3.63) is 18.0 Å². The number of aromatic nitrogens is 2. The average Bonchev–Trinajstić information content (AvgIpc) is 2.09. The van der Waals surface area contributed by atoms with Crippen molar-refractivity contribution in [2.24, 2.45) is 0 Å². The summed E-state index contributed by atoms with van der Waals surface area (Å²) in [5.74, 6) is -2.46. The molecule has 1 heterocycles. The molecule has 0 fully saturated rings. The van der Waals surface area contributed by atoms with E-state index in [4.69, 9.17) is 0 Å². The maximum atomic E-state index is 12.3. The largest absolute Gasteiger partial charge is 0.448 e. The molecule has 0 amide bonds. The van der Waals surface area contributed by atoms with Crippen molar-refractivity contribution in [1.82, 2.24) is 4.98 Å². The molecule has 0 aliphatic heterocycles. The van der Waals surface area contributed by atoms with Crippen molar-refractivity contribution in [2.45, 2.75) is 13.5 Å². The summed E-state index contributed by atoms with van der Waals surface area (Å²) in [6.45, 7) is 1.58. The van der Waals surface area contributed by atoms with Gasteiger partial charge < -0.3 is 0 Å². The zero-order valence-corrected chi connectivity index (χ0v) is 5.29. The molecule has 0 aromatic carbocycles. The molecule has 5 heteroatoms. The number of halogens is 3. The molecule has 0 aliphatic carbocycles. The molecule has 0 radical (unpaired) electrons. The van der Waals surface area contributed by atoms with E-state index in [1.807, 2.05) is 0 Å². The molecule has 0 aliphatic rings. The molecule has 2 nitrogen and oxygen atoms in total. The quantitative estimate of drug-likeness (QED) is 0.571. The normalized spacial score (nSPS) is 10.4. The van der Waals surface area contributed by atoms with Gasteiger partial charge in [0.2, 0.25) is 0 Å². The molecular weight excluding hydrogens is 145 g/mol. The van der Waals surface area contributed by atoms with Crippen molar-refractivity contribution in [3.63, 3.8) is 0 Å². The predicted octanol–water partition coefficient (Wildman–Crippen LogP) is 0.739. The van der Waals surface area contributed by atoms with E-state index in [2.05, 4.69) is 0 Å². The molecule has 0 atom stereocenters. The zero-order valence-electron chi connectivity index (χ0n) is 5.29. The summed E-state index contributed by atoms with van der Waals surface area (Å²) in [7, 11) is 0. The maximum absolute atomic E-state index is 12.3. The molecule has 0 saturated heterocycles. The van der Waals surface area contributed by atoms with E-state index in [9.17, 15) is 13.2 Å². The number of rotatable bonds is 1. The molecule has 0 spiro atoms. The van der Waals surface area contributed by atoms with Gasteiger partial charge in [-0.1, -0.05) is 0 Å². The third-order valence-electron chi connectivity index (χ3n) is 1.18. The van der Waals surface area contributed by atoms with Gasteiger partial charge in [-0.2, -0.15) is 18.3 Å². The highest BCUT2D eigenvalue weighted by Gasteiger charge is 2.23. The molecule has 1 N–H and O–H groups in total. The van der Waals surface area contributed by atoms with Gasteiger partial charge in [-0.05, 0) is 6.92 Å². The molecule has 0 unspecified atom stereocenters. The molecule has 0 saturated carbocycles. The van der Waals surface area contributed by atoms with Gasteiger partial charge in [0, 0.05) is 0 Å². The molecule has 1 rings (SSSR count). The Hall–Kier alpha value is -1.00. The Morgan fingerprint density at radius 3 is 2.20 bits per heavy atom. The van der Waals surface area contributed by atoms with Crippen LogP contribution in [-0.4, -0.2) is 4.98 Å². The minimum Gasteiger partial charge on any atom is -0.183 e. The molecule has 1 aromatic heterocycles. The maximum Gasteiger partial charge on any atom is 0.448 e. The van der Waals surface area contributed by atoms with Gasteiger partial charge >= 0.3 is 18.0 Å². The zero-order chi connectivity index (χ0) is 7.72. The van der Waals surface area contributed by atoms with Gasteiger partial charge in [-0.3, -0.25) is 0 Å². The Bertz CT molecular complexity index is 243. The summed E-state index contributed by atoms with van der Waals surface area (Å²) in [6, 6.07) is 0. The topological polar surface area (TPSA) is 19.7 Å². The van der Waals surface area contributed by atoms with E-state index in [-0.39, 0.29) is 6.54 Å². The fraction of sp³-hybridized carbons (Fsp3) is 0.400. The summed E-state index contributed by atoms with van der Waals surface area (Å²) in [4.78, 5) is 1.58. The highest BCUT2D eigenvalue weighted by Crippen LogP contribution is 1.97. The lowest BCUT2D eigenvalue weighted by atomic mass is 10.7. The third-order valence-corrected chi connectivity index (χ3v) is 1.18. The minimum atomic E-state index is -1.26. The van der Waals surface area contributed by atoms with Crippen LogP contribution >= 0.6 is 0 Å². The number of nitrogens with one attached hydrogen (secondary N) is 1. The van der Waals surface area contributed by atoms with Gasteiger partial charge in [-0.25, -0.2) is 0 Å². The summed E-state index contributed by atoms with van der Waals surface area (Å²) < 4.78 is 37.3. The number of imidazole rings is 1. The molecule has 10 heavy (non-hydrogen) atoms. The second kappa shape index (κ2) is 2.32.